The maximum atomic E-state index is 13.1. The Balaban J connectivity index is 2.08. The average molecular weight is 228 g/mol. The Kier molecular flexibility index (Phi) is 3.26. The minimum absolute atomic E-state index is 0.0224. The third kappa shape index (κ3) is 2.75. The molecule has 0 unspecified atom stereocenters. The molecule has 0 aliphatic rings. The fraction of sp³-hybridized carbons (Fsp3) is 0.0833. The molecule has 0 aliphatic carbocycles. The SMILES string of the molecule is N#Cc1cc(NCc2cnccn2)ccc1F. The molecule has 0 atom stereocenters. The number of nitrogens with zero attached hydrogens (tertiary/aromatic N) is 3. The summed E-state index contributed by atoms with van der Waals surface area (Å²) in [5.41, 5.74) is 1.47. The van der Waals surface area contributed by atoms with Crippen LogP contribution in [0.3, 0.4) is 0 Å². The molecule has 0 aliphatic heterocycles. The minimum Gasteiger partial charge on any atom is -0.379 e. The predicted molar refractivity (Wildman–Crippen MR) is 60.5 cm³/mol. The highest BCUT2D eigenvalue weighted by molar-refractivity contribution is 5.49. The summed E-state index contributed by atoms with van der Waals surface area (Å²) in [4.78, 5) is 8.02. The van der Waals surface area contributed by atoms with Crippen molar-refractivity contribution < 1.29 is 4.39 Å². The van der Waals surface area contributed by atoms with Gasteiger partial charge in [-0.3, -0.25) is 9.97 Å². The molecule has 2 aromatic rings. The van der Waals surface area contributed by atoms with Crippen molar-refractivity contribution in [3.63, 3.8) is 0 Å². The zero-order valence-electron chi connectivity index (χ0n) is 8.89. The first-order valence-corrected chi connectivity index (χ1v) is 4.98. The zero-order chi connectivity index (χ0) is 12.1. The number of halogens is 1. The Labute approximate surface area is 97.8 Å². The number of nitrogens with one attached hydrogen (secondary N) is 1. The van der Waals surface area contributed by atoms with Crippen molar-refractivity contribution in [2.45, 2.75) is 6.54 Å². The van der Waals surface area contributed by atoms with Gasteiger partial charge in [-0.1, -0.05) is 0 Å². The van der Waals surface area contributed by atoms with Crippen molar-refractivity contribution in [1.82, 2.24) is 9.97 Å². The molecule has 17 heavy (non-hydrogen) atoms. The van der Waals surface area contributed by atoms with E-state index < -0.39 is 5.82 Å². The lowest BCUT2D eigenvalue weighted by Gasteiger charge is -2.05. The lowest BCUT2D eigenvalue weighted by molar-refractivity contribution is 0.624. The molecule has 1 heterocycles. The largest absolute Gasteiger partial charge is 0.379 e. The van der Waals surface area contributed by atoms with Gasteiger partial charge in [0.25, 0.3) is 0 Å². The van der Waals surface area contributed by atoms with E-state index >= 15 is 0 Å². The fourth-order valence-corrected chi connectivity index (χ4v) is 1.33. The highest BCUT2D eigenvalue weighted by Gasteiger charge is 2.02. The molecular weight excluding hydrogens is 219 g/mol. The van der Waals surface area contributed by atoms with Gasteiger partial charge in [0, 0.05) is 18.1 Å². The van der Waals surface area contributed by atoms with E-state index in [0.29, 0.717) is 12.2 Å². The van der Waals surface area contributed by atoms with Gasteiger partial charge < -0.3 is 5.32 Å². The molecule has 0 amide bonds. The molecule has 0 saturated carbocycles. The molecule has 84 valence electrons. The van der Waals surface area contributed by atoms with Crippen LogP contribution in [0.15, 0.2) is 36.8 Å². The molecule has 2 rings (SSSR count). The molecule has 1 N–H and O–H groups in total. The topological polar surface area (TPSA) is 61.6 Å². The van der Waals surface area contributed by atoms with Crippen LogP contribution in [0, 0.1) is 17.1 Å². The summed E-state index contributed by atoms with van der Waals surface area (Å²) in [6.07, 6.45) is 4.83. The van der Waals surface area contributed by atoms with E-state index in [0.717, 1.165) is 5.69 Å². The van der Waals surface area contributed by atoms with Crippen LogP contribution >= 0.6 is 0 Å². The first-order valence-electron chi connectivity index (χ1n) is 4.98. The average Bonchev–Trinajstić information content (AvgIpc) is 2.39. The Morgan fingerprint density at radius 2 is 2.24 bits per heavy atom. The van der Waals surface area contributed by atoms with Crippen molar-refractivity contribution in [1.29, 1.82) is 5.26 Å². The van der Waals surface area contributed by atoms with Crippen molar-refractivity contribution in [2.75, 3.05) is 5.32 Å². The van der Waals surface area contributed by atoms with E-state index in [9.17, 15) is 4.39 Å². The van der Waals surface area contributed by atoms with E-state index in [2.05, 4.69) is 15.3 Å². The van der Waals surface area contributed by atoms with Crippen LogP contribution in [0.2, 0.25) is 0 Å². The molecule has 1 aromatic carbocycles. The van der Waals surface area contributed by atoms with Gasteiger partial charge in [-0.15, -0.1) is 0 Å². The first-order chi connectivity index (χ1) is 8.29. The highest BCUT2D eigenvalue weighted by Crippen LogP contribution is 2.14. The third-order valence-corrected chi connectivity index (χ3v) is 2.18. The Bertz CT molecular complexity index is 548. The van der Waals surface area contributed by atoms with Gasteiger partial charge in [-0.05, 0) is 18.2 Å². The number of aromatic nitrogens is 2. The van der Waals surface area contributed by atoms with Crippen LogP contribution in [0.4, 0.5) is 10.1 Å². The first kappa shape index (κ1) is 11.0. The van der Waals surface area contributed by atoms with Gasteiger partial charge >= 0.3 is 0 Å². The van der Waals surface area contributed by atoms with Crippen LogP contribution in [-0.4, -0.2) is 9.97 Å². The predicted octanol–water partition coefficient (Wildman–Crippen LogP) is 2.10. The maximum absolute atomic E-state index is 13.1. The van der Waals surface area contributed by atoms with Crippen LogP contribution in [0.1, 0.15) is 11.3 Å². The Hall–Kier alpha value is -2.48. The second-order valence-electron chi connectivity index (χ2n) is 3.36. The molecule has 1 aromatic heterocycles. The molecule has 4 nitrogen and oxygen atoms in total. The van der Waals surface area contributed by atoms with Gasteiger partial charge in [0.05, 0.1) is 24.0 Å². The fourth-order valence-electron chi connectivity index (χ4n) is 1.33. The summed E-state index contributed by atoms with van der Waals surface area (Å²) >= 11 is 0. The number of hydrogen-bond donors (Lipinski definition) is 1. The highest BCUT2D eigenvalue weighted by atomic mass is 19.1. The maximum Gasteiger partial charge on any atom is 0.141 e. The van der Waals surface area contributed by atoms with Crippen LogP contribution in [0.25, 0.3) is 0 Å². The van der Waals surface area contributed by atoms with E-state index in [1.165, 1.54) is 12.1 Å². The van der Waals surface area contributed by atoms with E-state index in [-0.39, 0.29) is 5.56 Å². The van der Waals surface area contributed by atoms with Gasteiger partial charge in [-0.2, -0.15) is 5.26 Å². The van der Waals surface area contributed by atoms with Crippen molar-refractivity contribution in [3.8, 4) is 6.07 Å². The molecule has 0 radical (unpaired) electrons. The van der Waals surface area contributed by atoms with Crippen LogP contribution in [-0.2, 0) is 6.54 Å². The van der Waals surface area contributed by atoms with Crippen molar-refractivity contribution >= 4 is 5.69 Å². The summed E-state index contributed by atoms with van der Waals surface area (Å²) in [7, 11) is 0. The number of anilines is 1. The zero-order valence-corrected chi connectivity index (χ0v) is 8.89. The Morgan fingerprint density at radius 3 is 2.94 bits per heavy atom. The molecule has 5 heteroatoms. The quantitative estimate of drug-likeness (QED) is 0.873. The lowest BCUT2D eigenvalue weighted by Crippen LogP contribution is -2.02. The molecule has 0 saturated heterocycles. The molecule has 0 spiro atoms. The van der Waals surface area contributed by atoms with Gasteiger partial charge in [0.2, 0.25) is 0 Å². The summed E-state index contributed by atoms with van der Waals surface area (Å²) in [5.74, 6) is -0.516. The van der Waals surface area contributed by atoms with Gasteiger partial charge in [0.15, 0.2) is 0 Å². The second kappa shape index (κ2) is 5.03. The third-order valence-electron chi connectivity index (χ3n) is 2.18. The normalized spacial score (nSPS) is 9.65. The minimum atomic E-state index is -0.516. The van der Waals surface area contributed by atoms with Crippen LogP contribution in [0.5, 0.6) is 0 Å². The number of benzene rings is 1. The molecule has 0 bridgehead atoms. The summed E-state index contributed by atoms with van der Waals surface area (Å²) in [5, 5.41) is 11.7. The smallest absolute Gasteiger partial charge is 0.141 e. The van der Waals surface area contributed by atoms with Gasteiger partial charge in [0.1, 0.15) is 11.9 Å². The standard InChI is InChI=1S/C12H9FN4/c13-12-2-1-10(5-9(12)6-14)17-8-11-7-15-3-4-16-11/h1-5,7,17H,8H2. The van der Waals surface area contributed by atoms with Crippen LogP contribution < -0.4 is 5.32 Å². The summed E-state index contributed by atoms with van der Waals surface area (Å²) in [6.45, 7) is 0.477. The Morgan fingerprint density at radius 1 is 1.35 bits per heavy atom. The number of nitriles is 1. The number of rotatable bonds is 3. The van der Waals surface area contributed by atoms with E-state index in [1.807, 2.05) is 0 Å². The molecular formula is C12H9FN4. The van der Waals surface area contributed by atoms with E-state index in [1.54, 1.807) is 30.7 Å². The van der Waals surface area contributed by atoms with Gasteiger partial charge in [-0.25, -0.2) is 4.39 Å². The van der Waals surface area contributed by atoms with E-state index in [4.69, 9.17) is 5.26 Å². The molecule has 0 fully saturated rings. The monoisotopic (exact) mass is 228 g/mol. The van der Waals surface area contributed by atoms with Crippen molar-refractivity contribution in [2.24, 2.45) is 0 Å². The number of hydrogen-bond acceptors (Lipinski definition) is 4. The summed E-state index contributed by atoms with van der Waals surface area (Å²) < 4.78 is 13.1. The second-order valence-corrected chi connectivity index (χ2v) is 3.36. The van der Waals surface area contributed by atoms with Crippen molar-refractivity contribution in [3.05, 3.63) is 53.9 Å². The summed E-state index contributed by atoms with van der Waals surface area (Å²) in [6, 6.07) is 6.09. The lowest BCUT2D eigenvalue weighted by atomic mass is 10.2.